The van der Waals surface area contributed by atoms with Gasteiger partial charge in [-0.2, -0.15) is 5.10 Å². The van der Waals surface area contributed by atoms with Crippen LogP contribution in [0.25, 0.3) is 0 Å². The minimum atomic E-state index is -0.749. The van der Waals surface area contributed by atoms with E-state index in [0.717, 1.165) is 10.0 Å². The first-order valence-electron chi connectivity index (χ1n) is 7.22. The van der Waals surface area contributed by atoms with Crippen LogP contribution in [0.15, 0.2) is 52.0 Å². The van der Waals surface area contributed by atoms with Gasteiger partial charge in [-0.3, -0.25) is 4.79 Å². The Morgan fingerprint density at radius 2 is 2.12 bits per heavy atom. The molecule has 1 amide bonds. The van der Waals surface area contributed by atoms with Crippen LogP contribution in [-0.2, 0) is 4.79 Å². The predicted octanol–water partition coefficient (Wildman–Crippen LogP) is 2.75. The van der Waals surface area contributed by atoms with Crippen LogP contribution < -0.4 is 19.6 Å². The van der Waals surface area contributed by atoms with Crippen LogP contribution in [0.4, 0.5) is 0 Å². The summed E-state index contributed by atoms with van der Waals surface area (Å²) in [5.74, 6) is 1.45. The smallest absolute Gasteiger partial charge is 0.284 e. The zero-order valence-electron chi connectivity index (χ0n) is 12.9. The minimum absolute atomic E-state index is 0.137. The zero-order chi connectivity index (χ0) is 16.9. The highest BCUT2D eigenvalue weighted by Crippen LogP contribution is 2.30. The molecule has 1 N–H and O–H groups in total. The molecule has 0 spiro atoms. The van der Waals surface area contributed by atoms with Crippen molar-refractivity contribution in [2.75, 3.05) is 13.7 Å². The van der Waals surface area contributed by atoms with E-state index in [-0.39, 0.29) is 12.5 Å². The number of nitrogens with one attached hydrogen (secondary N) is 1. The van der Waals surface area contributed by atoms with E-state index in [0.29, 0.717) is 17.2 Å². The molecule has 24 heavy (non-hydrogen) atoms. The molecule has 1 heterocycles. The molecule has 0 saturated heterocycles. The van der Waals surface area contributed by atoms with Crippen molar-refractivity contribution < 1.29 is 19.0 Å². The summed E-state index contributed by atoms with van der Waals surface area (Å²) in [6, 6.07) is 12.7. The molecule has 0 radical (unpaired) electrons. The maximum Gasteiger partial charge on any atom is 0.284 e. The second-order valence-electron chi connectivity index (χ2n) is 4.98. The first-order chi connectivity index (χ1) is 11.7. The van der Waals surface area contributed by atoms with Crippen molar-refractivity contribution in [1.82, 2.24) is 5.43 Å². The first kappa shape index (κ1) is 16.3. The summed E-state index contributed by atoms with van der Waals surface area (Å²) in [4.78, 5) is 12.1. The van der Waals surface area contributed by atoms with Gasteiger partial charge >= 0.3 is 0 Å². The fourth-order valence-electron chi connectivity index (χ4n) is 2.19. The third-order valence-corrected chi connectivity index (χ3v) is 3.86. The predicted molar refractivity (Wildman–Crippen MR) is 92.8 cm³/mol. The number of carbonyl (C=O) groups excluding carboxylic acids is 1. The lowest BCUT2D eigenvalue weighted by molar-refractivity contribution is -0.130. The summed E-state index contributed by atoms with van der Waals surface area (Å²) >= 11 is 3.38. The van der Waals surface area contributed by atoms with Gasteiger partial charge in [0.1, 0.15) is 12.4 Å². The van der Waals surface area contributed by atoms with E-state index in [4.69, 9.17) is 14.2 Å². The summed E-state index contributed by atoms with van der Waals surface area (Å²) in [6.07, 6.45) is 0.764. The van der Waals surface area contributed by atoms with Crippen LogP contribution in [0.3, 0.4) is 0 Å². The van der Waals surface area contributed by atoms with Crippen molar-refractivity contribution >= 4 is 28.1 Å². The number of benzene rings is 2. The van der Waals surface area contributed by atoms with Crippen molar-refractivity contribution in [2.45, 2.75) is 6.10 Å². The van der Waals surface area contributed by atoms with Crippen LogP contribution >= 0.6 is 15.9 Å². The lowest BCUT2D eigenvalue weighted by Crippen LogP contribution is -2.42. The molecule has 1 unspecified atom stereocenters. The monoisotopic (exact) mass is 390 g/mol. The van der Waals surface area contributed by atoms with Gasteiger partial charge in [0.2, 0.25) is 6.10 Å². The van der Waals surface area contributed by atoms with Crippen LogP contribution in [0.1, 0.15) is 5.56 Å². The Balaban J connectivity index is 1.63. The number of hydrogen-bond donors (Lipinski definition) is 1. The lowest BCUT2D eigenvalue weighted by atomic mass is 10.2. The van der Waals surface area contributed by atoms with E-state index in [9.17, 15) is 4.79 Å². The number of hydrogen-bond acceptors (Lipinski definition) is 5. The van der Waals surface area contributed by atoms with E-state index in [1.807, 2.05) is 30.3 Å². The average molecular weight is 391 g/mol. The van der Waals surface area contributed by atoms with Crippen molar-refractivity contribution in [2.24, 2.45) is 5.10 Å². The normalized spacial score (nSPS) is 16.0. The van der Waals surface area contributed by atoms with Crippen LogP contribution in [-0.4, -0.2) is 31.9 Å². The summed E-state index contributed by atoms with van der Waals surface area (Å²) in [6.45, 7) is 0.137. The average Bonchev–Trinajstić information content (AvgIpc) is 2.61. The van der Waals surface area contributed by atoms with Crippen molar-refractivity contribution in [3.8, 4) is 17.2 Å². The molecule has 0 aliphatic carbocycles. The van der Waals surface area contributed by atoms with E-state index < -0.39 is 6.10 Å². The Bertz CT molecular complexity index is 779. The zero-order valence-corrected chi connectivity index (χ0v) is 14.4. The van der Waals surface area contributed by atoms with Gasteiger partial charge in [0, 0.05) is 10.0 Å². The summed E-state index contributed by atoms with van der Waals surface area (Å²) in [5.41, 5.74) is 3.19. The lowest BCUT2D eigenvalue weighted by Gasteiger charge is -2.24. The number of fused-ring (bicyclic) bond motifs is 1. The van der Waals surface area contributed by atoms with Gasteiger partial charge in [0.15, 0.2) is 11.5 Å². The van der Waals surface area contributed by atoms with E-state index in [1.54, 1.807) is 19.2 Å². The molecular weight excluding hydrogens is 376 g/mol. The van der Waals surface area contributed by atoms with Crippen molar-refractivity contribution in [1.29, 1.82) is 0 Å². The van der Waals surface area contributed by atoms with Crippen molar-refractivity contribution in [3.05, 3.63) is 52.5 Å². The molecule has 2 aromatic rings. The van der Waals surface area contributed by atoms with Crippen LogP contribution in [0, 0.1) is 0 Å². The van der Waals surface area contributed by atoms with Gasteiger partial charge in [-0.05, 0) is 30.3 Å². The first-order valence-corrected chi connectivity index (χ1v) is 8.01. The van der Waals surface area contributed by atoms with Gasteiger partial charge in [-0.25, -0.2) is 5.43 Å². The molecule has 7 heteroatoms. The Hall–Kier alpha value is -2.54. The number of amides is 1. The molecule has 6 nitrogen and oxygen atoms in total. The van der Waals surface area contributed by atoms with Gasteiger partial charge in [-0.1, -0.05) is 28.1 Å². The second-order valence-corrected chi connectivity index (χ2v) is 5.90. The van der Waals surface area contributed by atoms with E-state index in [2.05, 4.69) is 26.5 Å². The maximum atomic E-state index is 12.1. The molecule has 1 atom stereocenters. The van der Waals surface area contributed by atoms with Crippen LogP contribution in [0.5, 0.6) is 17.2 Å². The van der Waals surface area contributed by atoms with Crippen LogP contribution in [0.2, 0.25) is 0 Å². The summed E-state index contributed by atoms with van der Waals surface area (Å²) < 4.78 is 17.3. The Morgan fingerprint density at radius 3 is 2.92 bits per heavy atom. The molecule has 1 aliphatic heterocycles. The molecular formula is C17H15BrN2O4. The van der Waals surface area contributed by atoms with Gasteiger partial charge in [-0.15, -0.1) is 0 Å². The number of methoxy groups -OCH3 is 1. The Kier molecular flexibility index (Phi) is 5.00. The Morgan fingerprint density at radius 1 is 1.33 bits per heavy atom. The molecule has 0 bridgehead atoms. The number of halogens is 1. The molecule has 0 fully saturated rings. The fraction of sp³-hybridized carbons (Fsp3) is 0.176. The van der Waals surface area contributed by atoms with E-state index >= 15 is 0 Å². The molecule has 124 valence electrons. The number of rotatable bonds is 4. The quantitative estimate of drug-likeness (QED) is 0.643. The molecule has 0 aromatic heterocycles. The highest BCUT2D eigenvalue weighted by atomic mass is 79.9. The third-order valence-electron chi connectivity index (χ3n) is 3.37. The highest BCUT2D eigenvalue weighted by molar-refractivity contribution is 9.10. The number of para-hydroxylation sites is 2. The van der Waals surface area contributed by atoms with E-state index in [1.165, 1.54) is 6.21 Å². The molecule has 2 aromatic carbocycles. The van der Waals surface area contributed by atoms with Crippen molar-refractivity contribution in [3.63, 3.8) is 0 Å². The highest BCUT2D eigenvalue weighted by Gasteiger charge is 2.26. The molecule has 3 rings (SSSR count). The number of hydrazone groups is 1. The second kappa shape index (κ2) is 7.35. The Labute approximate surface area is 147 Å². The number of ether oxygens (including phenoxy) is 3. The molecule has 0 saturated carbocycles. The number of nitrogens with zero attached hydrogens (tertiary/aromatic N) is 1. The summed E-state index contributed by atoms with van der Waals surface area (Å²) in [7, 11) is 1.57. The summed E-state index contributed by atoms with van der Waals surface area (Å²) in [5, 5.41) is 3.96. The SMILES string of the molecule is COc1ccc(Br)cc1C=NNC(=O)C1COc2ccccc2O1. The van der Waals surface area contributed by atoms with Gasteiger partial charge < -0.3 is 14.2 Å². The maximum absolute atomic E-state index is 12.1. The fourth-order valence-corrected chi connectivity index (χ4v) is 2.57. The number of carbonyl (C=O) groups is 1. The third kappa shape index (κ3) is 3.68. The van der Waals surface area contributed by atoms with Gasteiger partial charge in [0.05, 0.1) is 13.3 Å². The van der Waals surface area contributed by atoms with Gasteiger partial charge in [0.25, 0.3) is 5.91 Å². The topological polar surface area (TPSA) is 69.2 Å². The largest absolute Gasteiger partial charge is 0.496 e. The minimum Gasteiger partial charge on any atom is -0.496 e. The standard InChI is InChI=1S/C17H15BrN2O4/c1-22-13-7-6-12(18)8-11(13)9-19-20-17(21)16-10-23-14-4-2-3-5-15(14)24-16/h2-9,16H,10H2,1H3,(H,20,21). The molecule has 1 aliphatic rings.